The van der Waals surface area contributed by atoms with Crippen molar-refractivity contribution in [1.82, 2.24) is 0 Å². The largest absolute Gasteiger partial charge is 0.394 e. The molecule has 0 saturated heterocycles. The van der Waals surface area contributed by atoms with Crippen LogP contribution in [0.3, 0.4) is 0 Å². The topological polar surface area (TPSA) is 148 Å². The van der Waals surface area contributed by atoms with Crippen molar-refractivity contribution >= 4 is 11.4 Å². The van der Waals surface area contributed by atoms with Gasteiger partial charge in [-0.2, -0.15) is 0 Å². The molecular formula is C14H22N2O7. The average Bonchev–Trinajstić information content (AvgIpc) is 2.51. The Kier molecular flexibility index (Phi) is 6.85. The zero-order chi connectivity index (χ0) is 17.7. The van der Waals surface area contributed by atoms with Crippen LogP contribution < -0.4 is 4.90 Å². The number of aryl methyl sites for hydroxylation is 1. The van der Waals surface area contributed by atoms with Crippen LogP contribution in [0.5, 0.6) is 0 Å². The van der Waals surface area contributed by atoms with Gasteiger partial charge in [-0.25, -0.2) is 0 Å². The first kappa shape index (κ1) is 19.3. The Balaban J connectivity index is 2.77. The van der Waals surface area contributed by atoms with Gasteiger partial charge in [-0.1, -0.05) is 0 Å². The Morgan fingerprint density at radius 2 is 1.74 bits per heavy atom. The highest BCUT2D eigenvalue weighted by Gasteiger charge is 2.30. The zero-order valence-corrected chi connectivity index (χ0v) is 12.9. The summed E-state index contributed by atoms with van der Waals surface area (Å²) in [6, 6.07) is 4.41. The van der Waals surface area contributed by atoms with Crippen molar-refractivity contribution < 1.29 is 30.5 Å². The summed E-state index contributed by atoms with van der Waals surface area (Å²) in [5.41, 5.74) is 1.01. The second kappa shape index (κ2) is 8.18. The van der Waals surface area contributed by atoms with Crippen molar-refractivity contribution in [2.24, 2.45) is 0 Å². The van der Waals surface area contributed by atoms with Gasteiger partial charge < -0.3 is 30.4 Å². The van der Waals surface area contributed by atoms with Crippen molar-refractivity contribution in [1.29, 1.82) is 0 Å². The average molecular weight is 330 g/mol. The lowest BCUT2D eigenvalue weighted by molar-refractivity contribution is -0.385. The van der Waals surface area contributed by atoms with Crippen LogP contribution in [0.2, 0.25) is 0 Å². The van der Waals surface area contributed by atoms with E-state index in [1.54, 1.807) is 24.9 Å². The molecule has 0 radical (unpaired) electrons. The fraction of sp³-hybridized carbons (Fsp3) is 0.571. The number of aliphatic hydroxyl groups excluding tert-OH is 5. The molecule has 5 N–H and O–H groups in total. The quantitative estimate of drug-likeness (QED) is 0.294. The number of aliphatic hydroxyl groups is 5. The minimum Gasteiger partial charge on any atom is -0.394 e. The first-order valence-corrected chi connectivity index (χ1v) is 6.98. The SMILES string of the molecule is Cc1cc(N(C)CC(O)C(O)C(O)C(O)CO)ccc1[N+](=O)[O-]. The molecule has 1 rings (SSSR count). The van der Waals surface area contributed by atoms with Crippen LogP contribution in [0.25, 0.3) is 0 Å². The Hall–Kier alpha value is -1.78. The molecule has 9 nitrogen and oxygen atoms in total. The third-order valence-electron chi connectivity index (χ3n) is 3.60. The molecule has 0 spiro atoms. The third kappa shape index (κ3) is 4.85. The zero-order valence-electron chi connectivity index (χ0n) is 12.9. The summed E-state index contributed by atoms with van der Waals surface area (Å²) >= 11 is 0. The first-order chi connectivity index (χ1) is 10.7. The Morgan fingerprint density at radius 3 is 2.22 bits per heavy atom. The molecule has 130 valence electrons. The molecule has 0 amide bonds. The number of nitrogens with zero attached hydrogens (tertiary/aromatic N) is 2. The van der Waals surface area contributed by atoms with Gasteiger partial charge in [-0.15, -0.1) is 0 Å². The minimum atomic E-state index is -1.69. The van der Waals surface area contributed by atoms with E-state index in [1.807, 2.05) is 0 Å². The maximum atomic E-state index is 10.8. The maximum Gasteiger partial charge on any atom is 0.272 e. The Bertz CT molecular complexity index is 540. The normalized spacial score (nSPS) is 16.5. The molecule has 0 aliphatic carbocycles. The number of nitro benzene ring substituents is 1. The summed E-state index contributed by atoms with van der Waals surface area (Å²) in [7, 11) is 1.60. The summed E-state index contributed by atoms with van der Waals surface area (Å²) in [5.74, 6) is 0. The molecule has 0 aliphatic heterocycles. The molecule has 4 unspecified atom stereocenters. The van der Waals surface area contributed by atoms with Gasteiger partial charge in [0.2, 0.25) is 0 Å². The molecular weight excluding hydrogens is 308 g/mol. The second-order valence-corrected chi connectivity index (χ2v) is 5.41. The van der Waals surface area contributed by atoms with E-state index in [2.05, 4.69) is 0 Å². The van der Waals surface area contributed by atoms with Gasteiger partial charge in [0.1, 0.15) is 18.3 Å². The van der Waals surface area contributed by atoms with Crippen LogP contribution in [0.15, 0.2) is 18.2 Å². The monoisotopic (exact) mass is 330 g/mol. The summed E-state index contributed by atoms with van der Waals surface area (Å²) in [6.45, 7) is 0.748. The van der Waals surface area contributed by atoms with Crippen LogP contribution in [0, 0.1) is 17.0 Å². The highest BCUT2D eigenvalue weighted by atomic mass is 16.6. The highest BCUT2D eigenvalue weighted by molar-refractivity contribution is 5.54. The van der Waals surface area contributed by atoms with E-state index in [0.717, 1.165) is 0 Å². The van der Waals surface area contributed by atoms with Crippen LogP contribution in [-0.2, 0) is 0 Å². The predicted molar refractivity (Wildman–Crippen MR) is 82.2 cm³/mol. The molecule has 0 fully saturated rings. The van der Waals surface area contributed by atoms with Crippen LogP contribution in [-0.4, -0.2) is 75.1 Å². The van der Waals surface area contributed by atoms with E-state index in [-0.39, 0.29) is 12.2 Å². The molecule has 23 heavy (non-hydrogen) atoms. The van der Waals surface area contributed by atoms with Gasteiger partial charge in [0.25, 0.3) is 5.69 Å². The lowest BCUT2D eigenvalue weighted by Crippen LogP contribution is -2.49. The number of likely N-dealkylation sites (N-methyl/N-ethyl adjacent to an activating group) is 1. The van der Waals surface area contributed by atoms with Gasteiger partial charge in [0.05, 0.1) is 17.6 Å². The van der Waals surface area contributed by atoms with Gasteiger partial charge in [-0.05, 0) is 19.1 Å². The van der Waals surface area contributed by atoms with Crippen molar-refractivity contribution in [3.05, 3.63) is 33.9 Å². The van der Waals surface area contributed by atoms with E-state index in [4.69, 9.17) is 5.11 Å². The number of nitro groups is 1. The standard InChI is InChI=1S/C14H22N2O7/c1-8-5-9(3-4-10(8)16(22)23)15(2)6-11(18)13(20)14(21)12(19)7-17/h3-5,11-14,17-21H,6-7H2,1-2H3. The van der Waals surface area contributed by atoms with Gasteiger partial charge in [0, 0.05) is 30.9 Å². The summed E-state index contributed by atoms with van der Waals surface area (Å²) < 4.78 is 0. The molecule has 0 aromatic heterocycles. The fourth-order valence-corrected chi connectivity index (χ4v) is 2.14. The summed E-state index contributed by atoms with van der Waals surface area (Å²) in [4.78, 5) is 11.8. The van der Waals surface area contributed by atoms with Gasteiger partial charge in [-0.3, -0.25) is 10.1 Å². The third-order valence-corrected chi connectivity index (χ3v) is 3.60. The van der Waals surface area contributed by atoms with Gasteiger partial charge in [0.15, 0.2) is 0 Å². The number of hydrogen-bond donors (Lipinski definition) is 5. The van der Waals surface area contributed by atoms with Crippen molar-refractivity contribution in [2.45, 2.75) is 31.3 Å². The molecule has 1 aromatic carbocycles. The molecule has 0 aliphatic rings. The van der Waals surface area contributed by atoms with E-state index in [9.17, 15) is 30.5 Å². The minimum absolute atomic E-state index is 0.0239. The van der Waals surface area contributed by atoms with E-state index < -0.39 is 35.9 Å². The molecule has 9 heteroatoms. The van der Waals surface area contributed by atoms with Crippen LogP contribution in [0.4, 0.5) is 11.4 Å². The Morgan fingerprint density at radius 1 is 1.17 bits per heavy atom. The maximum absolute atomic E-state index is 10.8. The molecule has 4 atom stereocenters. The number of hydrogen-bond acceptors (Lipinski definition) is 8. The molecule has 0 heterocycles. The van der Waals surface area contributed by atoms with Crippen molar-refractivity contribution in [3.8, 4) is 0 Å². The van der Waals surface area contributed by atoms with Gasteiger partial charge >= 0.3 is 0 Å². The molecule has 0 bridgehead atoms. The second-order valence-electron chi connectivity index (χ2n) is 5.41. The van der Waals surface area contributed by atoms with Crippen LogP contribution >= 0.6 is 0 Å². The lowest BCUT2D eigenvalue weighted by atomic mass is 10.0. The van der Waals surface area contributed by atoms with Crippen LogP contribution in [0.1, 0.15) is 5.56 Å². The highest BCUT2D eigenvalue weighted by Crippen LogP contribution is 2.24. The summed E-state index contributed by atoms with van der Waals surface area (Å²) in [6.07, 6.45) is -6.31. The fourth-order valence-electron chi connectivity index (χ4n) is 2.14. The van der Waals surface area contributed by atoms with E-state index in [0.29, 0.717) is 11.3 Å². The van der Waals surface area contributed by atoms with E-state index in [1.165, 1.54) is 12.1 Å². The number of benzene rings is 1. The molecule has 0 saturated carbocycles. The summed E-state index contributed by atoms with van der Waals surface area (Å²) in [5, 5.41) is 58.0. The molecule has 1 aromatic rings. The van der Waals surface area contributed by atoms with Crippen molar-refractivity contribution in [2.75, 3.05) is 25.1 Å². The number of rotatable bonds is 8. The Labute approximate surface area is 133 Å². The van der Waals surface area contributed by atoms with E-state index >= 15 is 0 Å². The lowest BCUT2D eigenvalue weighted by Gasteiger charge is -2.29. The smallest absolute Gasteiger partial charge is 0.272 e. The number of anilines is 1. The van der Waals surface area contributed by atoms with Crippen molar-refractivity contribution in [3.63, 3.8) is 0 Å². The predicted octanol–water partition coefficient (Wildman–Crippen LogP) is -1.22. The first-order valence-electron chi connectivity index (χ1n) is 6.98.